The molecule has 0 N–H and O–H groups in total. The molecule has 2 unspecified atom stereocenters. The highest BCUT2D eigenvalue weighted by Crippen LogP contribution is 2.39. The molecular weight excluding hydrogens is 248 g/mol. The third-order valence-corrected chi connectivity index (χ3v) is 6.17. The van der Waals surface area contributed by atoms with Crippen molar-refractivity contribution in [3.63, 3.8) is 0 Å². The van der Waals surface area contributed by atoms with Gasteiger partial charge in [-0.25, -0.2) is 9.97 Å². The fourth-order valence-electron chi connectivity index (χ4n) is 3.00. The first-order chi connectivity index (χ1) is 8.65. The lowest BCUT2D eigenvalue weighted by Gasteiger charge is -2.26. The zero-order chi connectivity index (χ0) is 12.7. The van der Waals surface area contributed by atoms with E-state index < -0.39 is 10.8 Å². The van der Waals surface area contributed by atoms with E-state index in [2.05, 4.69) is 9.97 Å². The maximum Gasteiger partial charge on any atom is 0.169 e. The van der Waals surface area contributed by atoms with Gasteiger partial charge in [-0.15, -0.1) is 0 Å². The molecule has 1 aromatic rings. The standard InChI is InChI=1S/C13H16N2O2S/c1-8-14-6-10(7-15-8)13(16)9-4-11-2-3-12(5-9)18(11)17/h6-7,9,11-12H,2-5H2,1H3. The van der Waals surface area contributed by atoms with Crippen molar-refractivity contribution in [2.75, 3.05) is 0 Å². The number of hydrogen-bond acceptors (Lipinski definition) is 4. The second-order valence-electron chi connectivity index (χ2n) is 5.20. The Hall–Kier alpha value is -1.10. The summed E-state index contributed by atoms with van der Waals surface area (Å²) in [5.41, 5.74) is 0.595. The zero-order valence-electron chi connectivity index (χ0n) is 10.3. The molecule has 3 rings (SSSR count). The zero-order valence-corrected chi connectivity index (χ0v) is 11.2. The molecule has 5 heteroatoms. The van der Waals surface area contributed by atoms with Crippen LogP contribution in [0.2, 0.25) is 0 Å². The molecule has 2 saturated heterocycles. The van der Waals surface area contributed by atoms with Gasteiger partial charge < -0.3 is 0 Å². The number of ketones is 1. The minimum atomic E-state index is -0.699. The van der Waals surface area contributed by atoms with E-state index in [1.807, 2.05) is 0 Å². The highest BCUT2D eigenvalue weighted by atomic mass is 32.2. The summed E-state index contributed by atoms with van der Waals surface area (Å²) in [5, 5.41) is 0.480. The first-order valence-corrected chi connectivity index (χ1v) is 7.65. The molecule has 3 heterocycles. The molecule has 0 spiro atoms. The number of hydrogen-bond donors (Lipinski definition) is 0. The van der Waals surface area contributed by atoms with Gasteiger partial charge in [0.1, 0.15) is 5.82 Å². The summed E-state index contributed by atoms with van der Waals surface area (Å²) in [7, 11) is -0.699. The third kappa shape index (κ3) is 2.00. The quantitative estimate of drug-likeness (QED) is 0.762. The van der Waals surface area contributed by atoms with Crippen LogP contribution < -0.4 is 0 Å². The molecule has 4 nitrogen and oxygen atoms in total. The molecule has 0 amide bonds. The van der Waals surface area contributed by atoms with Crippen LogP contribution in [0.4, 0.5) is 0 Å². The van der Waals surface area contributed by atoms with Gasteiger partial charge >= 0.3 is 0 Å². The van der Waals surface area contributed by atoms with Gasteiger partial charge in [-0.05, 0) is 32.6 Å². The van der Waals surface area contributed by atoms with Crippen molar-refractivity contribution < 1.29 is 9.00 Å². The average Bonchev–Trinajstić information content (AvgIpc) is 2.62. The van der Waals surface area contributed by atoms with Crippen LogP contribution in [0.15, 0.2) is 12.4 Å². The van der Waals surface area contributed by atoms with E-state index in [0.29, 0.717) is 11.4 Å². The molecule has 0 aromatic carbocycles. The van der Waals surface area contributed by atoms with Crippen LogP contribution in [-0.4, -0.2) is 30.5 Å². The van der Waals surface area contributed by atoms with Gasteiger partial charge in [0.2, 0.25) is 0 Å². The summed E-state index contributed by atoms with van der Waals surface area (Å²) in [5.74, 6) is 0.825. The normalized spacial score (nSPS) is 34.5. The molecule has 2 aliphatic heterocycles. The number of aromatic nitrogens is 2. The first-order valence-electron chi connectivity index (χ1n) is 6.37. The lowest BCUT2D eigenvalue weighted by atomic mass is 9.91. The van der Waals surface area contributed by atoms with Gasteiger partial charge in [0, 0.05) is 39.6 Å². The van der Waals surface area contributed by atoms with Gasteiger partial charge in [-0.1, -0.05) is 0 Å². The molecular formula is C13H16N2O2S. The molecule has 2 fully saturated rings. The summed E-state index contributed by atoms with van der Waals surface area (Å²) in [6, 6.07) is 0. The second-order valence-corrected chi connectivity index (χ2v) is 7.19. The Morgan fingerprint density at radius 2 is 1.78 bits per heavy atom. The Morgan fingerprint density at radius 1 is 1.22 bits per heavy atom. The van der Waals surface area contributed by atoms with Crippen LogP contribution in [0.25, 0.3) is 0 Å². The number of fused-ring (bicyclic) bond motifs is 2. The van der Waals surface area contributed by atoms with E-state index in [4.69, 9.17) is 0 Å². The molecule has 18 heavy (non-hydrogen) atoms. The Bertz CT molecular complexity index is 484. The highest BCUT2D eigenvalue weighted by molar-refractivity contribution is 7.86. The van der Waals surface area contributed by atoms with Crippen molar-refractivity contribution >= 4 is 16.6 Å². The van der Waals surface area contributed by atoms with Crippen LogP contribution in [0.3, 0.4) is 0 Å². The number of rotatable bonds is 2. The minimum Gasteiger partial charge on any atom is -0.294 e. The summed E-state index contributed by atoms with van der Waals surface area (Å²) in [6.45, 7) is 1.80. The first kappa shape index (κ1) is 12.0. The number of carbonyl (C=O) groups is 1. The number of aryl methyl sites for hydroxylation is 1. The summed E-state index contributed by atoms with van der Waals surface area (Å²) < 4.78 is 11.9. The minimum absolute atomic E-state index is 0.0199. The predicted octanol–water partition coefficient (Wildman–Crippen LogP) is 1.66. The van der Waals surface area contributed by atoms with E-state index in [1.165, 1.54) is 0 Å². The Morgan fingerprint density at radius 3 is 2.33 bits per heavy atom. The monoisotopic (exact) mass is 264 g/mol. The molecule has 0 radical (unpaired) electrons. The lowest BCUT2D eigenvalue weighted by molar-refractivity contribution is 0.0905. The van der Waals surface area contributed by atoms with Gasteiger partial charge in [0.05, 0.1) is 5.56 Å². The van der Waals surface area contributed by atoms with E-state index in [1.54, 1.807) is 19.3 Å². The number of carbonyl (C=O) groups excluding carboxylic acids is 1. The van der Waals surface area contributed by atoms with Gasteiger partial charge in [0.15, 0.2) is 5.78 Å². The summed E-state index contributed by atoms with van der Waals surface area (Å²) >= 11 is 0. The Kier molecular flexibility index (Phi) is 3.01. The molecule has 1 aromatic heterocycles. The maximum atomic E-state index is 12.4. The maximum absolute atomic E-state index is 12.4. The average molecular weight is 264 g/mol. The van der Waals surface area contributed by atoms with Crippen LogP contribution in [-0.2, 0) is 10.8 Å². The van der Waals surface area contributed by atoms with Crippen LogP contribution >= 0.6 is 0 Å². The van der Waals surface area contributed by atoms with Crippen molar-refractivity contribution in [1.29, 1.82) is 0 Å². The number of nitrogens with zero attached hydrogens (tertiary/aromatic N) is 2. The summed E-state index contributed by atoms with van der Waals surface area (Å²) in [6.07, 6.45) is 6.80. The Balaban J connectivity index is 1.78. The molecule has 2 aliphatic rings. The fourth-order valence-corrected chi connectivity index (χ4v) is 5.13. The van der Waals surface area contributed by atoms with Gasteiger partial charge in [-0.3, -0.25) is 9.00 Å². The highest BCUT2D eigenvalue weighted by Gasteiger charge is 2.42. The van der Waals surface area contributed by atoms with Crippen LogP contribution in [0.5, 0.6) is 0 Å². The van der Waals surface area contributed by atoms with Gasteiger partial charge in [-0.2, -0.15) is 0 Å². The smallest absolute Gasteiger partial charge is 0.169 e. The lowest BCUT2D eigenvalue weighted by Crippen LogP contribution is -2.32. The topological polar surface area (TPSA) is 59.9 Å². The molecule has 0 aliphatic carbocycles. The van der Waals surface area contributed by atoms with E-state index in [9.17, 15) is 9.00 Å². The van der Waals surface area contributed by atoms with Crippen molar-refractivity contribution in [3.8, 4) is 0 Å². The van der Waals surface area contributed by atoms with Crippen molar-refractivity contribution in [1.82, 2.24) is 9.97 Å². The van der Waals surface area contributed by atoms with Crippen LogP contribution in [0.1, 0.15) is 41.9 Å². The fraction of sp³-hybridized carbons (Fsp3) is 0.615. The van der Waals surface area contributed by atoms with E-state index in [0.717, 1.165) is 25.7 Å². The molecule has 2 atom stereocenters. The Labute approximate surface area is 109 Å². The van der Waals surface area contributed by atoms with Crippen molar-refractivity contribution in [2.45, 2.75) is 43.1 Å². The second kappa shape index (κ2) is 4.53. The van der Waals surface area contributed by atoms with Gasteiger partial charge in [0.25, 0.3) is 0 Å². The van der Waals surface area contributed by atoms with E-state index in [-0.39, 0.29) is 22.2 Å². The molecule has 0 saturated carbocycles. The van der Waals surface area contributed by atoms with Crippen LogP contribution in [0, 0.1) is 12.8 Å². The van der Waals surface area contributed by atoms with E-state index >= 15 is 0 Å². The number of Topliss-reactive ketones (excluding diaryl/α,β-unsaturated/α-hetero) is 1. The molecule has 96 valence electrons. The largest absolute Gasteiger partial charge is 0.294 e. The predicted molar refractivity (Wildman–Crippen MR) is 68.8 cm³/mol. The molecule has 2 bridgehead atoms. The SMILES string of the molecule is Cc1ncc(C(=O)C2CC3CCC(C2)S3=O)cn1. The third-order valence-electron chi connectivity index (χ3n) is 4.00. The van der Waals surface area contributed by atoms with Crippen molar-refractivity contribution in [2.24, 2.45) is 5.92 Å². The van der Waals surface area contributed by atoms with Crippen molar-refractivity contribution in [3.05, 3.63) is 23.8 Å². The summed E-state index contributed by atoms with van der Waals surface area (Å²) in [4.78, 5) is 20.5.